The van der Waals surface area contributed by atoms with Gasteiger partial charge < -0.3 is 9.47 Å². The summed E-state index contributed by atoms with van der Waals surface area (Å²) in [5, 5.41) is 0. The fourth-order valence-electron chi connectivity index (χ4n) is 1.74. The average molecular weight is 214 g/mol. The second-order valence-corrected chi connectivity index (χ2v) is 4.15. The molecular formula is C11H18O4. The molecule has 4 heteroatoms. The van der Waals surface area contributed by atoms with Crippen LogP contribution in [-0.4, -0.2) is 26.2 Å². The molecule has 86 valence electrons. The summed E-state index contributed by atoms with van der Waals surface area (Å²) in [6.45, 7) is 0. The molecule has 1 fully saturated rings. The first-order valence-corrected chi connectivity index (χ1v) is 5.25. The van der Waals surface area contributed by atoms with E-state index in [1.165, 1.54) is 14.2 Å². The summed E-state index contributed by atoms with van der Waals surface area (Å²) in [6.07, 6.45) is 4.80. The van der Waals surface area contributed by atoms with Crippen LogP contribution in [0, 0.1) is 5.41 Å². The number of carbonyl (C=O) groups is 2. The van der Waals surface area contributed by atoms with Crippen LogP contribution in [0.1, 0.15) is 38.5 Å². The minimum Gasteiger partial charge on any atom is -0.469 e. The van der Waals surface area contributed by atoms with Crippen molar-refractivity contribution in [3.63, 3.8) is 0 Å². The molecular weight excluding hydrogens is 196 g/mol. The Morgan fingerprint density at radius 2 is 1.40 bits per heavy atom. The van der Waals surface area contributed by atoms with Crippen LogP contribution in [0.3, 0.4) is 0 Å². The molecule has 0 amide bonds. The Morgan fingerprint density at radius 1 is 1.00 bits per heavy atom. The lowest BCUT2D eigenvalue weighted by Crippen LogP contribution is -2.10. The fraction of sp³-hybridized carbons (Fsp3) is 0.818. The summed E-state index contributed by atoms with van der Waals surface area (Å²) in [6, 6.07) is 0. The standard InChI is InChI=1S/C11H18O4/c1-14-9(12)3-5-11(7-8-11)6-4-10(13)15-2/h3-8H2,1-2H3. The maximum absolute atomic E-state index is 11.0. The van der Waals surface area contributed by atoms with Crippen LogP contribution in [0.25, 0.3) is 0 Å². The highest BCUT2D eigenvalue weighted by Crippen LogP contribution is 2.53. The van der Waals surface area contributed by atoms with Crippen LogP contribution in [0.2, 0.25) is 0 Å². The van der Waals surface area contributed by atoms with Gasteiger partial charge in [0.25, 0.3) is 0 Å². The van der Waals surface area contributed by atoms with Crippen LogP contribution in [0.5, 0.6) is 0 Å². The Balaban J connectivity index is 2.22. The number of carbonyl (C=O) groups excluding carboxylic acids is 2. The second kappa shape index (κ2) is 5.14. The second-order valence-electron chi connectivity index (χ2n) is 4.15. The van der Waals surface area contributed by atoms with Crippen LogP contribution < -0.4 is 0 Å². The van der Waals surface area contributed by atoms with Gasteiger partial charge >= 0.3 is 11.9 Å². The van der Waals surface area contributed by atoms with Gasteiger partial charge in [-0.1, -0.05) is 0 Å². The van der Waals surface area contributed by atoms with Gasteiger partial charge in [-0.3, -0.25) is 9.59 Å². The van der Waals surface area contributed by atoms with Gasteiger partial charge in [0.2, 0.25) is 0 Å². The quantitative estimate of drug-likeness (QED) is 0.631. The van der Waals surface area contributed by atoms with Gasteiger partial charge in [0.05, 0.1) is 14.2 Å². The van der Waals surface area contributed by atoms with Gasteiger partial charge in [0.1, 0.15) is 0 Å². The minimum atomic E-state index is -0.167. The van der Waals surface area contributed by atoms with E-state index in [9.17, 15) is 9.59 Å². The highest BCUT2D eigenvalue weighted by Gasteiger charge is 2.42. The van der Waals surface area contributed by atoms with Crippen LogP contribution in [0.15, 0.2) is 0 Å². The maximum atomic E-state index is 11.0. The summed E-state index contributed by atoms with van der Waals surface area (Å²) >= 11 is 0. The number of methoxy groups -OCH3 is 2. The van der Waals surface area contributed by atoms with Crippen molar-refractivity contribution in [2.45, 2.75) is 38.5 Å². The van der Waals surface area contributed by atoms with Crippen LogP contribution in [-0.2, 0) is 19.1 Å². The van der Waals surface area contributed by atoms with E-state index >= 15 is 0 Å². The third-order valence-electron chi connectivity index (χ3n) is 3.13. The highest BCUT2D eigenvalue weighted by molar-refractivity contribution is 5.70. The molecule has 0 unspecified atom stereocenters. The van der Waals surface area contributed by atoms with Crippen molar-refractivity contribution < 1.29 is 19.1 Å². The molecule has 0 radical (unpaired) electrons. The predicted octanol–water partition coefficient (Wildman–Crippen LogP) is 1.67. The van der Waals surface area contributed by atoms with Gasteiger partial charge in [0.15, 0.2) is 0 Å². The van der Waals surface area contributed by atoms with E-state index < -0.39 is 0 Å². The molecule has 0 atom stereocenters. The molecule has 15 heavy (non-hydrogen) atoms. The van der Waals surface area contributed by atoms with Gasteiger partial charge in [0, 0.05) is 12.8 Å². The zero-order valence-electron chi connectivity index (χ0n) is 9.38. The Kier molecular flexibility index (Phi) is 4.12. The number of hydrogen-bond acceptors (Lipinski definition) is 4. The molecule has 1 aliphatic rings. The topological polar surface area (TPSA) is 52.6 Å². The zero-order chi connectivity index (χ0) is 11.3. The first-order valence-electron chi connectivity index (χ1n) is 5.25. The predicted molar refractivity (Wildman–Crippen MR) is 54.2 cm³/mol. The van der Waals surface area contributed by atoms with Gasteiger partial charge in [-0.2, -0.15) is 0 Å². The van der Waals surface area contributed by atoms with Crippen molar-refractivity contribution in [1.29, 1.82) is 0 Å². The molecule has 1 saturated carbocycles. The van der Waals surface area contributed by atoms with Crippen LogP contribution in [0.4, 0.5) is 0 Å². The molecule has 0 bridgehead atoms. The lowest BCUT2D eigenvalue weighted by molar-refractivity contribution is -0.141. The van der Waals surface area contributed by atoms with E-state index in [1.54, 1.807) is 0 Å². The van der Waals surface area contributed by atoms with E-state index in [2.05, 4.69) is 9.47 Å². The average Bonchev–Trinajstić information content (AvgIpc) is 3.03. The number of ether oxygens (including phenoxy) is 2. The molecule has 1 rings (SSSR count). The molecule has 4 nitrogen and oxygen atoms in total. The first kappa shape index (κ1) is 12.0. The minimum absolute atomic E-state index is 0.167. The Morgan fingerprint density at radius 3 is 1.67 bits per heavy atom. The summed E-state index contributed by atoms with van der Waals surface area (Å²) in [7, 11) is 2.80. The van der Waals surface area contributed by atoms with E-state index in [4.69, 9.17) is 0 Å². The highest BCUT2D eigenvalue weighted by atomic mass is 16.5. The van der Waals surface area contributed by atoms with E-state index in [0.717, 1.165) is 25.7 Å². The molecule has 0 aromatic heterocycles. The zero-order valence-corrected chi connectivity index (χ0v) is 9.38. The van der Waals surface area contributed by atoms with Crippen molar-refractivity contribution in [1.82, 2.24) is 0 Å². The summed E-state index contributed by atoms with van der Waals surface area (Å²) in [5.74, 6) is -0.335. The molecule has 1 aliphatic carbocycles. The largest absolute Gasteiger partial charge is 0.469 e. The van der Waals surface area contributed by atoms with Crippen molar-refractivity contribution in [3.8, 4) is 0 Å². The van der Waals surface area contributed by atoms with E-state index in [-0.39, 0.29) is 17.4 Å². The molecule has 0 aliphatic heterocycles. The summed E-state index contributed by atoms with van der Waals surface area (Å²) in [5.41, 5.74) is 0.211. The lowest BCUT2D eigenvalue weighted by atomic mass is 9.94. The van der Waals surface area contributed by atoms with Crippen LogP contribution >= 0.6 is 0 Å². The van der Waals surface area contributed by atoms with Crippen molar-refractivity contribution in [3.05, 3.63) is 0 Å². The lowest BCUT2D eigenvalue weighted by Gasteiger charge is -2.12. The van der Waals surface area contributed by atoms with Crippen molar-refractivity contribution >= 4 is 11.9 Å². The van der Waals surface area contributed by atoms with E-state index in [0.29, 0.717) is 12.8 Å². The Bertz CT molecular complexity index is 221. The Hall–Kier alpha value is -1.06. The molecule has 0 N–H and O–H groups in total. The Labute approximate surface area is 89.9 Å². The summed E-state index contributed by atoms with van der Waals surface area (Å²) in [4.78, 5) is 21.9. The molecule has 0 spiro atoms. The van der Waals surface area contributed by atoms with Crippen molar-refractivity contribution in [2.75, 3.05) is 14.2 Å². The monoisotopic (exact) mass is 214 g/mol. The number of rotatable bonds is 6. The smallest absolute Gasteiger partial charge is 0.305 e. The third-order valence-corrected chi connectivity index (χ3v) is 3.13. The molecule has 0 saturated heterocycles. The molecule has 0 heterocycles. The number of esters is 2. The third kappa shape index (κ3) is 3.90. The SMILES string of the molecule is COC(=O)CCC1(CCC(=O)OC)CC1. The number of hydrogen-bond donors (Lipinski definition) is 0. The van der Waals surface area contributed by atoms with E-state index in [1.807, 2.05) is 0 Å². The molecule has 0 aromatic carbocycles. The summed E-state index contributed by atoms with van der Waals surface area (Å²) < 4.78 is 9.18. The maximum Gasteiger partial charge on any atom is 0.305 e. The van der Waals surface area contributed by atoms with Gasteiger partial charge in [-0.15, -0.1) is 0 Å². The normalized spacial score (nSPS) is 16.9. The fourth-order valence-corrected chi connectivity index (χ4v) is 1.74. The first-order chi connectivity index (χ1) is 7.12. The molecule has 0 aromatic rings. The van der Waals surface area contributed by atoms with Gasteiger partial charge in [-0.25, -0.2) is 0 Å². The van der Waals surface area contributed by atoms with Crippen molar-refractivity contribution in [2.24, 2.45) is 5.41 Å². The van der Waals surface area contributed by atoms with Gasteiger partial charge in [-0.05, 0) is 31.1 Å².